The van der Waals surface area contributed by atoms with E-state index in [0.717, 1.165) is 132 Å². The normalized spacial score (nSPS) is 11.6. The maximum Gasteiger partial charge on any atom is 0.240 e. The van der Waals surface area contributed by atoms with E-state index in [1.165, 1.54) is 308 Å². The Bertz CT molecular complexity index is 2480. The topological polar surface area (TPSA) is 59.7 Å². The van der Waals surface area contributed by atoms with Gasteiger partial charge in [-0.15, -0.1) is 0 Å². The minimum absolute atomic E-state index is 0.522. The van der Waals surface area contributed by atoms with Crippen molar-refractivity contribution in [3.05, 3.63) is 41.7 Å². The molecule has 0 radical (unpaired) electrons. The highest BCUT2D eigenvalue weighted by atomic mass is 16.5. The Kier molecular flexibility index (Phi) is 54.3. The maximum absolute atomic E-state index is 9.27. The van der Waals surface area contributed by atoms with Crippen molar-refractivity contribution in [2.45, 2.75) is 427 Å². The molecular formula is C91H155NO6. The van der Waals surface area contributed by atoms with Crippen molar-refractivity contribution < 1.29 is 28.4 Å². The molecule has 0 atom stereocenters. The van der Waals surface area contributed by atoms with Crippen LogP contribution in [0.1, 0.15) is 427 Å². The van der Waals surface area contributed by atoms with Gasteiger partial charge < -0.3 is 28.4 Å². The largest absolute Gasteiger partial charge is 0.501 e. The molecule has 0 aromatic heterocycles. The van der Waals surface area contributed by atoms with Gasteiger partial charge in [0.15, 0.2) is 34.5 Å². The predicted octanol–water partition coefficient (Wildman–Crippen LogP) is 31.5. The lowest BCUT2D eigenvalue weighted by molar-refractivity contribution is 0.258. The fourth-order valence-electron chi connectivity index (χ4n) is 14.5. The van der Waals surface area contributed by atoms with E-state index in [1.807, 2.05) is 0 Å². The Morgan fingerprint density at radius 2 is 0.367 bits per heavy atom. The molecule has 0 unspecified atom stereocenters. The van der Waals surface area contributed by atoms with E-state index in [-0.39, 0.29) is 0 Å². The molecule has 4 rings (SSSR count). The third-order valence-electron chi connectivity index (χ3n) is 20.9. The molecule has 7 nitrogen and oxygen atoms in total. The molecule has 0 fully saturated rings. The first-order chi connectivity index (χ1) is 48.6. The second-order valence-corrected chi connectivity index (χ2v) is 30.0. The van der Waals surface area contributed by atoms with Gasteiger partial charge in [-0.1, -0.05) is 388 Å². The summed E-state index contributed by atoms with van der Waals surface area (Å²) in [5, 5.41) is 5.98. The summed E-state index contributed by atoms with van der Waals surface area (Å²) in [6.45, 7) is 26.7. The fraction of sp³-hybridized carbons (Fsp3) is 0.791. The Labute approximate surface area is 605 Å². The molecule has 0 aliphatic heterocycles. The van der Waals surface area contributed by atoms with Crippen LogP contribution in [0.4, 0.5) is 5.69 Å². The van der Waals surface area contributed by atoms with Gasteiger partial charge in [0.05, 0.1) is 46.2 Å². The molecular weight excluding hydrogens is 1200 g/mol. The third kappa shape index (κ3) is 38.8. The van der Waals surface area contributed by atoms with Gasteiger partial charge in [0.1, 0.15) is 0 Å². The van der Waals surface area contributed by atoms with Crippen molar-refractivity contribution in [2.24, 2.45) is 0 Å². The average molecular weight is 1360 g/mol. The van der Waals surface area contributed by atoms with Crippen molar-refractivity contribution in [1.82, 2.24) is 0 Å². The van der Waals surface area contributed by atoms with Crippen LogP contribution in [0.3, 0.4) is 0 Å². The number of ether oxygens (including phenoxy) is 6. The van der Waals surface area contributed by atoms with Gasteiger partial charge in [0.2, 0.25) is 5.69 Å². The molecule has 4 aromatic carbocycles. The van der Waals surface area contributed by atoms with Crippen LogP contribution in [-0.2, 0) is 0 Å². The first kappa shape index (κ1) is 86.4. The first-order valence-corrected chi connectivity index (χ1v) is 43.3. The third-order valence-corrected chi connectivity index (χ3v) is 20.9. The highest BCUT2D eigenvalue weighted by Gasteiger charge is 2.25. The number of unbranched alkanes of at least 4 members (excludes halogenated alkanes) is 54. The van der Waals surface area contributed by atoms with E-state index in [0.29, 0.717) is 56.8 Å². The Morgan fingerprint density at radius 1 is 0.204 bits per heavy atom. The van der Waals surface area contributed by atoms with Crippen LogP contribution in [0.2, 0.25) is 0 Å². The van der Waals surface area contributed by atoms with Crippen molar-refractivity contribution >= 4 is 38.0 Å². The lowest BCUT2D eigenvalue weighted by Crippen LogP contribution is -2.05. The van der Waals surface area contributed by atoms with E-state index >= 15 is 0 Å². The Balaban J connectivity index is 1.84. The molecule has 7 heteroatoms. The second-order valence-electron chi connectivity index (χ2n) is 30.0. The molecule has 0 aliphatic rings. The van der Waals surface area contributed by atoms with Crippen LogP contribution in [0, 0.1) is 6.57 Å². The van der Waals surface area contributed by atoms with E-state index in [1.54, 1.807) is 0 Å². The smallest absolute Gasteiger partial charge is 0.240 e. The SMILES string of the molecule is [C-]#[N+]c1c(OCCCCCCCCCCCC)c(OCCCCCCCCCCCC)cc2c3cc(OCCCCCCCCCCCC)c(OCCCCCCCCCCCC)cc3c3cc(OCCCCCCCCCCCC)c(OCCCCCCCCCCCC)cc3c12. The quantitative estimate of drug-likeness (QED) is 0.0249. The maximum atomic E-state index is 9.27. The van der Waals surface area contributed by atoms with Crippen molar-refractivity contribution in [3.63, 3.8) is 0 Å². The summed E-state index contributed by atoms with van der Waals surface area (Å²) in [6.07, 6.45) is 76.3. The summed E-state index contributed by atoms with van der Waals surface area (Å²) in [7, 11) is 0. The molecule has 0 saturated carbocycles. The molecule has 0 N–H and O–H groups in total. The van der Waals surface area contributed by atoms with Gasteiger partial charge in [0, 0.05) is 5.39 Å². The number of nitrogens with zero attached hydrogens (tertiary/aromatic N) is 1. The second kappa shape index (κ2) is 61.6. The van der Waals surface area contributed by atoms with Gasteiger partial charge in [-0.3, -0.25) is 0 Å². The fourth-order valence-corrected chi connectivity index (χ4v) is 14.5. The number of benzene rings is 4. The van der Waals surface area contributed by atoms with Gasteiger partial charge in [-0.2, -0.15) is 0 Å². The zero-order chi connectivity index (χ0) is 69.7. The van der Waals surface area contributed by atoms with E-state index in [9.17, 15) is 6.57 Å². The number of hydrogen-bond donors (Lipinski definition) is 0. The van der Waals surface area contributed by atoms with E-state index in [2.05, 4.69) is 76.7 Å². The van der Waals surface area contributed by atoms with Crippen LogP contribution in [0.25, 0.3) is 37.2 Å². The van der Waals surface area contributed by atoms with Crippen molar-refractivity contribution in [3.8, 4) is 34.5 Å². The van der Waals surface area contributed by atoms with Crippen LogP contribution < -0.4 is 28.4 Å². The lowest BCUT2D eigenvalue weighted by Gasteiger charge is -2.22. The molecule has 4 aromatic rings. The summed E-state index contributed by atoms with van der Waals surface area (Å²) in [4.78, 5) is 4.54. The molecule has 560 valence electrons. The zero-order valence-electron chi connectivity index (χ0n) is 65.5. The van der Waals surface area contributed by atoms with Crippen LogP contribution in [0.15, 0.2) is 30.3 Å². The minimum Gasteiger partial charge on any atom is -0.501 e. The lowest BCUT2D eigenvalue weighted by atomic mass is 9.92. The van der Waals surface area contributed by atoms with Gasteiger partial charge in [0.25, 0.3) is 0 Å². The molecule has 0 saturated heterocycles. The van der Waals surface area contributed by atoms with Crippen molar-refractivity contribution in [1.29, 1.82) is 0 Å². The Morgan fingerprint density at radius 3 is 0.582 bits per heavy atom. The highest BCUT2D eigenvalue weighted by molar-refractivity contribution is 6.30. The molecule has 0 heterocycles. The summed E-state index contributed by atoms with van der Waals surface area (Å²) in [6, 6.07) is 11.2. The van der Waals surface area contributed by atoms with E-state index in [4.69, 9.17) is 28.4 Å². The van der Waals surface area contributed by atoms with Crippen LogP contribution in [0.5, 0.6) is 34.5 Å². The molecule has 0 spiro atoms. The summed E-state index contributed by atoms with van der Waals surface area (Å²) in [5.74, 6) is 4.39. The first-order valence-electron chi connectivity index (χ1n) is 43.3. The van der Waals surface area contributed by atoms with Crippen molar-refractivity contribution in [2.75, 3.05) is 39.6 Å². The minimum atomic E-state index is 0.522. The molecule has 0 amide bonds. The molecule has 98 heavy (non-hydrogen) atoms. The summed E-state index contributed by atoms with van der Waals surface area (Å²) >= 11 is 0. The number of rotatable bonds is 72. The predicted molar refractivity (Wildman–Crippen MR) is 429 cm³/mol. The summed E-state index contributed by atoms with van der Waals surface area (Å²) < 4.78 is 42.0. The van der Waals surface area contributed by atoms with Gasteiger partial charge in [-0.25, -0.2) is 4.85 Å². The number of hydrogen-bond acceptors (Lipinski definition) is 6. The standard InChI is InChI=1S/C91H155NO6/c1-8-14-20-26-32-38-44-50-56-62-68-93-84-74-79-80-75-86(95-70-64-58-52-46-40-34-28-22-16-10-3)87(96-71-65-59-53-47-41-35-29-23-17-11-4)77-82(80)89-83(81(79)76-85(84)94-69-63-57-51-45-39-33-27-21-15-9-2)78-88(97-72-66-60-54-48-42-36-30-24-18-12-5)91(90(89)92-7)98-73-67-61-55-49-43-37-31-25-19-13-6/h74-78H,8-73H2,1-6H3. The molecule has 0 bridgehead atoms. The average Bonchev–Trinajstić information content (AvgIpc) is 0.719. The molecule has 0 aliphatic carbocycles. The number of fused-ring (bicyclic) bond motifs is 6. The monoisotopic (exact) mass is 1360 g/mol. The van der Waals surface area contributed by atoms with Crippen LogP contribution >= 0.6 is 0 Å². The van der Waals surface area contributed by atoms with Gasteiger partial charge in [-0.05, 0) is 95.8 Å². The summed E-state index contributed by atoms with van der Waals surface area (Å²) in [5.41, 5.74) is 0.522. The van der Waals surface area contributed by atoms with E-state index < -0.39 is 0 Å². The van der Waals surface area contributed by atoms with Gasteiger partial charge >= 0.3 is 0 Å². The zero-order valence-corrected chi connectivity index (χ0v) is 65.5. The Hall–Kier alpha value is -4.05. The van der Waals surface area contributed by atoms with Crippen LogP contribution in [-0.4, -0.2) is 39.6 Å². The highest BCUT2D eigenvalue weighted by Crippen LogP contribution is 2.52.